The number of rotatable bonds is 12. The molecular weight excluding hydrogens is 520 g/mol. The zero-order chi connectivity index (χ0) is 28.6. The Hall–Kier alpha value is -5.52. The van der Waals surface area contributed by atoms with E-state index in [4.69, 9.17) is 13.9 Å². The van der Waals surface area contributed by atoms with Crippen LogP contribution < -0.4 is 14.9 Å². The second-order valence-corrected chi connectivity index (χ2v) is 8.43. The average Bonchev–Trinajstić information content (AvgIpc) is 3.37. The number of hydrogen-bond acceptors (Lipinski definition) is 9. The van der Waals surface area contributed by atoms with Gasteiger partial charge in [-0.1, -0.05) is 6.08 Å². The molecule has 12 heteroatoms. The van der Waals surface area contributed by atoms with E-state index in [2.05, 4.69) is 17.1 Å². The molecule has 40 heavy (non-hydrogen) atoms. The van der Waals surface area contributed by atoms with E-state index < -0.39 is 15.8 Å². The van der Waals surface area contributed by atoms with Gasteiger partial charge in [-0.05, 0) is 60.9 Å². The Bertz CT molecular complexity index is 1610. The topological polar surface area (TPSA) is 159 Å². The van der Waals surface area contributed by atoms with Gasteiger partial charge >= 0.3 is 5.91 Å². The van der Waals surface area contributed by atoms with Gasteiger partial charge in [-0.2, -0.15) is 5.10 Å². The fourth-order valence-electron chi connectivity index (χ4n) is 3.84. The molecule has 3 aromatic carbocycles. The number of nitrogens with zero attached hydrogens (tertiary/aromatic N) is 3. The molecule has 0 spiro atoms. The fourth-order valence-corrected chi connectivity index (χ4v) is 3.84. The lowest BCUT2D eigenvalue weighted by atomic mass is 10.1. The summed E-state index contributed by atoms with van der Waals surface area (Å²) in [4.78, 5) is 33.4. The molecule has 12 nitrogen and oxygen atoms in total. The van der Waals surface area contributed by atoms with Crippen molar-refractivity contribution in [3.05, 3.63) is 116 Å². The van der Waals surface area contributed by atoms with Gasteiger partial charge in [0.25, 0.3) is 11.4 Å². The van der Waals surface area contributed by atoms with Gasteiger partial charge in [0.2, 0.25) is 0 Å². The van der Waals surface area contributed by atoms with Crippen molar-refractivity contribution in [2.24, 2.45) is 5.10 Å². The van der Waals surface area contributed by atoms with Crippen molar-refractivity contribution in [1.29, 1.82) is 0 Å². The largest absolute Gasteiger partial charge is 0.490 e. The molecule has 1 amide bonds. The number of fused-ring (bicyclic) bond motifs is 1. The van der Waals surface area contributed by atoms with Crippen molar-refractivity contribution in [2.45, 2.75) is 20.0 Å². The van der Waals surface area contributed by atoms with Crippen molar-refractivity contribution in [3.63, 3.8) is 0 Å². The van der Waals surface area contributed by atoms with Crippen LogP contribution in [0.3, 0.4) is 0 Å². The first-order chi connectivity index (χ1) is 19.3. The molecular formula is C28H24N4O8. The lowest BCUT2D eigenvalue weighted by Gasteiger charge is -2.16. The van der Waals surface area contributed by atoms with Gasteiger partial charge < -0.3 is 13.9 Å². The Labute approximate surface area is 227 Å². The predicted molar refractivity (Wildman–Crippen MR) is 147 cm³/mol. The molecule has 0 aliphatic heterocycles. The van der Waals surface area contributed by atoms with Gasteiger partial charge in [0, 0.05) is 35.2 Å². The molecule has 0 unspecified atom stereocenters. The molecule has 0 fully saturated rings. The van der Waals surface area contributed by atoms with Crippen LogP contribution in [-0.2, 0) is 13.0 Å². The van der Waals surface area contributed by atoms with Crippen molar-refractivity contribution in [1.82, 2.24) is 5.43 Å². The first-order valence-corrected chi connectivity index (χ1v) is 12.1. The van der Waals surface area contributed by atoms with Crippen molar-refractivity contribution < 1.29 is 28.5 Å². The molecule has 0 aliphatic carbocycles. The van der Waals surface area contributed by atoms with Crippen LogP contribution in [0.4, 0.5) is 11.4 Å². The van der Waals surface area contributed by atoms with E-state index in [0.717, 1.165) is 11.1 Å². The number of nitro groups is 2. The van der Waals surface area contributed by atoms with Gasteiger partial charge in [-0.15, -0.1) is 6.58 Å². The number of allylic oxidation sites excluding steroid dienone is 1. The summed E-state index contributed by atoms with van der Waals surface area (Å²) < 4.78 is 17.3. The number of carbonyl (C=O) groups excluding carboxylic acids is 1. The third-order valence-electron chi connectivity index (χ3n) is 5.66. The average molecular weight is 545 g/mol. The monoisotopic (exact) mass is 544 g/mol. The molecule has 1 heterocycles. The van der Waals surface area contributed by atoms with Crippen molar-refractivity contribution >= 4 is 34.5 Å². The standard InChI is InChI=1S/C28H24N4O8/c1-3-5-20-12-19(13-25(38-4-2)27(20)39-17-18-6-8-22(9-7-18)31(34)35)16-29-30-28(33)26-15-21-14-23(32(36)37)10-11-24(21)40-26/h3,6-16H,1,4-5,17H2,2H3,(H,30,33). The number of furan rings is 1. The van der Waals surface area contributed by atoms with Gasteiger partial charge in [0.05, 0.1) is 22.7 Å². The van der Waals surface area contributed by atoms with Crippen molar-refractivity contribution in [2.75, 3.05) is 6.61 Å². The van der Waals surface area contributed by atoms with Crippen LogP contribution >= 0.6 is 0 Å². The number of nitrogens with one attached hydrogen (secondary N) is 1. The second-order valence-electron chi connectivity index (χ2n) is 8.43. The van der Waals surface area contributed by atoms with Gasteiger partial charge in [0.15, 0.2) is 17.3 Å². The van der Waals surface area contributed by atoms with Crippen LogP contribution in [0.15, 0.2) is 82.8 Å². The maximum Gasteiger partial charge on any atom is 0.307 e. The summed E-state index contributed by atoms with van der Waals surface area (Å²) in [7, 11) is 0. The third-order valence-corrected chi connectivity index (χ3v) is 5.66. The highest BCUT2D eigenvalue weighted by atomic mass is 16.6. The lowest BCUT2D eigenvalue weighted by Crippen LogP contribution is -2.16. The first kappa shape index (κ1) is 27.5. The maximum atomic E-state index is 12.5. The van der Waals surface area contributed by atoms with Crippen LogP contribution in [-0.4, -0.2) is 28.6 Å². The number of hydrazone groups is 1. The summed E-state index contributed by atoms with van der Waals surface area (Å²) in [5.41, 5.74) is 4.71. The van der Waals surface area contributed by atoms with Crippen LogP contribution in [0, 0.1) is 20.2 Å². The molecule has 0 saturated carbocycles. The Morgan fingerprint density at radius 3 is 2.42 bits per heavy atom. The van der Waals surface area contributed by atoms with Crippen LogP contribution in [0.5, 0.6) is 11.5 Å². The summed E-state index contributed by atoms with van der Waals surface area (Å²) >= 11 is 0. The minimum absolute atomic E-state index is 0.00821. The summed E-state index contributed by atoms with van der Waals surface area (Å²) in [6.45, 7) is 6.15. The van der Waals surface area contributed by atoms with Gasteiger partial charge in [0.1, 0.15) is 12.2 Å². The molecule has 1 N–H and O–H groups in total. The number of hydrogen-bond donors (Lipinski definition) is 1. The first-order valence-electron chi connectivity index (χ1n) is 12.1. The summed E-state index contributed by atoms with van der Waals surface area (Å²) in [5, 5.41) is 26.3. The molecule has 1 aromatic heterocycles. The molecule has 4 rings (SSSR count). The van der Waals surface area contributed by atoms with E-state index in [-0.39, 0.29) is 23.7 Å². The second kappa shape index (κ2) is 12.3. The number of carbonyl (C=O) groups is 1. The van der Waals surface area contributed by atoms with Crippen LogP contribution in [0.2, 0.25) is 0 Å². The zero-order valence-corrected chi connectivity index (χ0v) is 21.4. The highest BCUT2D eigenvalue weighted by Gasteiger charge is 2.16. The van der Waals surface area contributed by atoms with Gasteiger partial charge in [-0.25, -0.2) is 5.43 Å². The number of amides is 1. The Kier molecular flexibility index (Phi) is 8.49. The summed E-state index contributed by atoms with van der Waals surface area (Å²) in [5.74, 6) is 0.271. The smallest absolute Gasteiger partial charge is 0.307 e. The molecule has 0 saturated heterocycles. The van der Waals surface area contributed by atoms with Crippen LogP contribution in [0.1, 0.15) is 34.2 Å². The van der Waals surface area contributed by atoms with Gasteiger partial charge in [-0.3, -0.25) is 25.0 Å². The van der Waals surface area contributed by atoms with Crippen LogP contribution in [0.25, 0.3) is 11.0 Å². The molecule has 0 atom stereocenters. The number of benzene rings is 3. The minimum atomic E-state index is -0.630. The van der Waals surface area contributed by atoms with E-state index in [1.54, 1.807) is 24.3 Å². The molecule has 0 aliphatic rings. The summed E-state index contributed by atoms with van der Waals surface area (Å²) in [6, 6.07) is 15.0. The normalized spacial score (nSPS) is 10.9. The zero-order valence-electron chi connectivity index (χ0n) is 21.4. The Morgan fingerprint density at radius 1 is 1.02 bits per heavy atom. The van der Waals surface area contributed by atoms with Crippen molar-refractivity contribution in [3.8, 4) is 11.5 Å². The van der Waals surface area contributed by atoms with E-state index in [9.17, 15) is 25.0 Å². The number of ether oxygens (including phenoxy) is 2. The SMILES string of the molecule is C=CCc1cc(C=NNC(=O)c2cc3cc([N+](=O)[O-])ccc3o2)cc(OCC)c1OCc1ccc([N+](=O)[O-])cc1. The highest BCUT2D eigenvalue weighted by molar-refractivity contribution is 5.97. The highest BCUT2D eigenvalue weighted by Crippen LogP contribution is 2.34. The van der Waals surface area contributed by atoms with E-state index >= 15 is 0 Å². The lowest BCUT2D eigenvalue weighted by molar-refractivity contribution is -0.385. The fraction of sp³-hybridized carbons (Fsp3) is 0.143. The molecule has 204 valence electrons. The van der Waals surface area contributed by atoms with E-state index in [1.807, 2.05) is 13.0 Å². The Balaban J connectivity index is 1.51. The summed E-state index contributed by atoms with van der Waals surface area (Å²) in [6.07, 6.45) is 3.59. The molecule has 0 radical (unpaired) electrons. The molecule has 0 bridgehead atoms. The minimum Gasteiger partial charge on any atom is -0.490 e. The third kappa shape index (κ3) is 6.48. The predicted octanol–water partition coefficient (Wildman–Crippen LogP) is 5.72. The quantitative estimate of drug-likeness (QED) is 0.103. The molecule has 4 aromatic rings. The number of non-ortho nitro benzene ring substituents is 2. The maximum absolute atomic E-state index is 12.5. The Morgan fingerprint density at radius 2 is 1.75 bits per heavy atom. The number of nitro benzene ring substituents is 2. The van der Waals surface area contributed by atoms with E-state index in [1.165, 1.54) is 42.6 Å². The van der Waals surface area contributed by atoms with E-state index in [0.29, 0.717) is 41.1 Å².